The highest BCUT2D eigenvalue weighted by molar-refractivity contribution is 5.78. The van der Waals surface area contributed by atoms with E-state index in [0.717, 1.165) is 49.1 Å². The maximum atomic E-state index is 12.0. The van der Waals surface area contributed by atoms with Gasteiger partial charge in [0.1, 0.15) is 0 Å². The van der Waals surface area contributed by atoms with E-state index in [0.29, 0.717) is 19.5 Å². The van der Waals surface area contributed by atoms with Crippen molar-refractivity contribution in [1.29, 1.82) is 0 Å². The molecular weight excluding hydrogens is 378 g/mol. The van der Waals surface area contributed by atoms with E-state index in [1.807, 2.05) is 41.6 Å². The van der Waals surface area contributed by atoms with Crippen LogP contribution in [0.5, 0.6) is 0 Å². The molecule has 0 bridgehead atoms. The lowest BCUT2D eigenvalue weighted by Gasteiger charge is -2.15. The Labute approximate surface area is 176 Å². The number of para-hydroxylation sites is 2. The number of benzene rings is 2. The average Bonchev–Trinajstić information content (AvgIpc) is 3.44. The van der Waals surface area contributed by atoms with Crippen LogP contribution >= 0.6 is 0 Å². The van der Waals surface area contributed by atoms with Gasteiger partial charge in [0, 0.05) is 39.1 Å². The van der Waals surface area contributed by atoms with Crippen molar-refractivity contribution in [2.24, 2.45) is 0 Å². The van der Waals surface area contributed by atoms with Gasteiger partial charge in [-0.1, -0.05) is 36.4 Å². The van der Waals surface area contributed by atoms with Crippen LogP contribution in [-0.2, 0) is 17.9 Å². The van der Waals surface area contributed by atoms with Crippen molar-refractivity contribution in [2.75, 3.05) is 19.6 Å². The first-order valence-corrected chi connectivity index (χ1v) is 10.5. The summed E-state index contributed by atoms with van der Waals surface area (Å²) >= 11 is 0. The molecule has 1 aliphatic rings. The summed E-state index contributed by atoms with van der Waals surface area (Å²) in [4.78, 5) is 30.2. The van der Waals surface area contributed by atoms with E-state index in [1.54, 1.807) is 0 Å². The number of hydrogen-bond donors (Lipinski definition) is 2. The molecule has 1 saturated heterocycles. The first-order chi connectivity index (χ1) is 14.7. The Kier molecular flexibility index (Phi) is 6.27. The van der Waals surface area contributed by atoms with Gasteiger partial charge in [0.05, 0.1) is 17.4 Å². The topological polar surface area (TPSA) is 79.3 Å². The van der Waals surface area contributed by atoms with Crippen LogP contribution in [0.15, 0.2) is 54.9 Å². The van der Waals surface area contributed by atoms with Crippen LogP contribution in [0.3, 0.4) is 0 Å². The van der Waals surface area contributed by atoms with Crippen LogP contribution in [0.4, 0.5) is 4.79 Å². The van der Waals surface area contributed by atoms with Gasteiger partial charge in [-0.3, -0.25) is 4.79 Å². The number of urea groups is 1. The van der Waals surface area contributed by atoms with Crippen molar-refractivity contribution in [1.82, 2.24) is 25.1 Å². The second-order valence-corrected chi connectivity index (χ2v) is 7.63. The van der Waals surface area contributed by atoms with Crippen LogP contribution in [-0.4, -0.2) is 46.0 Å². The number of nitrogens with one attached hydrogen (secondary N) is 2. The Morgan fingerprint density at radius 1 is 0.933 bits per heavy atom. The number of rotatable bonds is 7. The largest absolute Gasteiger partial charge is 0.343 e. The molecule has 156 valence electrons. The van der Waals surface area contributed by atoms with Gasteiger partial charge >= 0.3 is 6.03 Å². The number of carbonyl (C=O) groups excluding carboxylic acids is 2. The quantitative estimate of drug-likeness (QED) is 0.634. The molecule has 7 heteroatoms. The monoisotopic (exact) mass is 405 g/mol. The number of aromatic nitrogens is 2. The molecule has 2 N–H and O–H groups in total. The van der Waals surface area contributed by atoms with Crippen LogP contribution in [0.2, 0.25) is 0 Å². The van der Waals surface area contributed by atoms with Gasteiger partial charge in [-0.2, -0.15) is 0 Å². The van der Waals surface area contributed by atoms with Crippen LogP contribution in [0, 0.1) is 0 Å². The number of amides is 3. The zero-order valence-electron chi connectivity index (χ0n) is 17.0. The molecule has 2 aromatic carbocycles. The fourth-order valence-corrected chi connectivity index (χ4v) is 3.75. The zero-order valence-corrected chi connectivity index (χ0v) is 17.0. The molecule has 0 saturated carbocycles. The molecule has 3 amide bonds. The fraction of sp³-hybridized carbons (Fsp3) is 0.348. The summed E-state index contributed by atoms with van der Waals surface area (Å²) in [7, 11) is 0. The van der Waals surface area contributed by atoms with Crippen LogP contribution < -0.4 is 10.6 Å². The summed E-state index contributed by atoms with van der Waals surface area (Å²) in [6, 6.07) is 16.0. The van der Waals surface area contributed by atoms with E-state index < -0.39 is 0 Å². The molecule has 1 aromatic heterocycles. The highest BCUT2D eigenvalue weighted by atomic mass is 16.2. The minimum atomic E-state index is -0.252. The summed E-state index contributed by atoms with van der Waals surface area (Å²) in [5, 5.41) is 5.60. The van der Waals surface area contributed by atoms with E-state index in [1.165, 1.54) is 5.56 Å². The molecular formula is C23H27N5O2. The number of hydrogen-bond acceptors (Lipinski definition) is 3. The zero-order chi connectivity index (χ0) is 20.8. The third kappa shape index (κ3) is 4.97. The Hall–Kier alpha value is -3.35. The van der Waals surface area contributed by atoms with E-state index in [-0.39, 0.29) is 11.9 Å². The van der Waals surface area contributed by atoms with Gasteiger partial charge in [-0.15, -0.1) is 0 Å². The van der Waals surface area contributed by atoms with Crippen molar-refractivity contribution in [3.05, 3.63) is 66.0 Å². The molecule has 0 radical (unpaired) electrons. The predicted molar refractivity (Wildman–Crippen MR) is 116 cm³/mol. The van der Waals surface area contributed by atoms with Gasteiger partial charge in [0.2, 0.25) is 5.91 Å². The maximum absolute atomic E-state index is 12.0. The minimum Gasteiger partial charge on any atom is -0.343 e. The van der Waals surface area contributed by atoms with Gasteiger partial charge in [-0.25, -0.2) is 9.78 Å². The number of imidazole rings is 1. The Morgan fingerprint density at radius 3 is 2.47 bits per heavy atom. The molecule has 1 aliphatic heterocycles. The molecule has 1 fully saturated rings. The molecule has 3 aromatic rings. The van der Waals surface area contributed by atoms with Crippen molar-refractivity contribution in [3.63, 3.8) is 0 Å². The second-order valence-electron chi connectivity index (χ2n) is 7.63. The van der Waals surface area contributed by atoms with Crippen LogP contribution in [0.25, 0.3) is 11.0 Å². The fourth-order valence-electron chi connectivity index (χ4n) is 3.75. The molecule has 0 spiro atoms. The highest BCUT2D eigenvalue weighted by Gasteiger charge is 2.17. The molecule has 0 aliphatic carbocycles. The van der Waals surface area contributed by atoms with Gasteiger partial charge < -0.3 is 20.1 Å². The third-order valence-electron chi connectivity index (χ3n) is 5.44. The lowest BCUT2D eigenvalue weighted by atomic mass is 10.1. The van der Waals surface area contributed by atoms with Gasteiger partial charge in [0.15, 0.2) is 0 Å². The summed E-state index contributed by atoms with van der Waals surface area (Å²) < 4.78 is 2.12. The molecule has 4 rings (SSSR count). The summed E-state index contributed by atoms with van der Waals surface area (Å²) in [6.07, 6.45) is 4.37. The van der Waals surface area contributed by atoms with Crippen molar-refractivity contribution in [2.45, 2.75) is 32.4 Å². The molecule has 30 heavy (non-hydrogen) atoms. The molecule has 7 nitrogen and oxygen atoms in total. The molecule has 0 atom stereocenters. The number of likely N-dealkylation sites (tertiary alicyclic amines) is 1. The summed E-state index contributed by atoms with van der Waals surface area (Å²) in [6.45, 7) is 3.25. The van der Waals surface area contributed by atoms with E-state index in [2.05, 4.69) is 38.4 Å². The summed E-state index contributed by atoms with van der Waals surface area (Å²) in [5.41, 5.74) is 4.30. The Bertz CT molecular complexity index is 1010. The minimum absolute atomic E-state index is 0.119. The highest BCUT2D eigenvalue weighted by Crippen LogP contribution is 2.14. The predicted octanol–water partition coefficient (Wildman–Crippen LogP) is 2.90. The molecule has 0 unspecified atom stereocenters. The first kappa shape index (κ1) is 19.9. The third-order valence-corrected chi connectivity index (χ3v) is 5.44. The average molecular weight is 406 g/mol. The van der Waals surface area contributed by atoms with E-state index >= 15 is 0 Å². The first-order valence-electron chi connectivity index (χ1n) is 10.5. The molecule has 2 heterocycles. The van der Waals surface area contributed by atoms with E-state index in [4.69, 9.17) is 0 Å². The SMILES string of the molecule is O=C(NCCC(=O)N1CCCC1)NCc1ccc(Cn2cnc3ccccc32)cc1. The normalized spacial score (nSPS) is 13.5. The summed E-state index contributed by atoms with van der Waals surface area (Å²) in [5.74, 6) is 0.119. The second kappa shape index (κ2) is 9.43. The van der Waals surface area contributed by atoms with Crippen molar-refractivity contribution in [3.8, 4) is 0 Å². The van der Waals surface area contributed by atoms with Crippen molar-refractivity contribution < 1.29 is 9.59 Å². The Balaban J connectivity index is 1.20. The lowest BCUT2D eigenvalue weighted by molar-refractivity contribution is -0.129. The number of fused-ring (bicyclic) bond motifs is 1. The van der Waals surface area contributed by atoms with Crippen molar-refractivity contribution >= 4 is 23.0 Å². The Morgan fingerprint density at radius 2 is 1.67 bits per heavy atom. The lowest BCUT2D eigenvalue weighted by Crippen LogP contribution is -2.38. The maximum Gasteiger partial charge on any atom is 0.315 e. The number of carbonyl (C=O) groups is 2. The van der Waals surface area contributed by atoms with Gasteiger partial charge in [0.25, 0.3) is 0 Å². The van der Waals surface area contributed by atoms with E-state index in [9.17, 15) is 9.59 Å². The standard InChI is InChI=1S/C23H27N5O2/c29-22(27-13-3-4-14-27)11-12-24-23(30)25-15-18-7-9-19(10-8-18)16-28-17-26-20-5-1-2-6-21(20)28/h1-2,5-10,17H,3-4,11-16H2,(H2,24,25,30). The van der Waals surface area contributed by atoms with Crippen LogP contribution in [0.1, 0.15) is 30.4 Å². The van der Waals surface area contributed by atoms with Gasteiger partial charge in [-0.05, 0) is 36.1 Å². The smallest absolute Gasteiger partial charge is 0.315 e. The number of nitrogens with zero attached hydrogens (tertiary/aromatic N) is 3.